The first-order valence-electron chi connectivity index (χ1n) is 11.0. The summed E-state index contributed by atoms with van der Waals surface area (Å²) in [4.78, 5) is 22.0. The van der Waals surface area contributed by atoms with E-state index in [4.69, 9.17) is 4.42 Å². The first-order chi connectivity index (χ1) is 18.5. The first-order valence-corrected chi connectivity index (χ1v) is 11.0. The Hall–Kier alpha value is -4.90. The molecule has 5 aromatic heterocycles. The van der Waals surface area contributed by atoms with Crippen LogP contribution < -0.4 is 4.74 Å². The number of pyridine rings is 1. The van der Waals surface area contributed by atoms with Gasteiger partial charge in [0.15, 0.2) is 5.75 Å². The Morgan fingerprint density at radius 3 is 2.67 bits per heavy atom. The molecular formula is C21H13F6N9O3. The van der Waals surface area contributed by atoms with Gasteiger partial charge >= 0.3 is 24.5 Å². The van der Waals surface area contributed by atoms with Crippen molar-refractivity contribution in [2.24, 2.45) is 0 Å². The summed E-state index contributed by atoms with van der Waals surface area (Å²) in [6.07, 6.45) is -5.90. The predicted octanol–water partition coefficient (Wildman–Crippen LogP) is 3.47. The lowest BCUT2D eigenvalue weighted by molar-refractivity contribution is -0.274. The number of halogens is 6. The van der Waals surface area contributed by atoms with Gasteiger partial charge in [0, 0.05) is 31.1 Å². The molecule has 18 heteroatoms. The molecule has 39 heavy (non-hydrogen) atoms. The Bertz CT molecular complexity index is 1680. The summed E-state index contributed by atoms with van der Waals surface area (Å²) in [6.45, 7) is 0.0961. The average molecular weight is 553 g/mol. The number of hydrogen-bond donors (Lipinski definition) is 1. The van der Waals surface area contributed by atoms with E-state index in [2.05, 4.69) is 35.1 Å². The maximum absolute atomic E-state index is 13.5. The minimum atomic E-state index is -4.94. The molecule has 6 heterocycles. The predicted molar refractivity (Wildman–Crippen MR) is 114 cm³/mol. The van der Waals surface area contributed by atoms with Crippen molar-refractivity contribution in [1.29, 1.82) is 0 Å². The molecule has 0 radical (unpaired) electrons. The smallest absolute Gasteiger partial charge is 0.411 e. The molecule has 0 saturated carbocycles. The second-order valence-electron chi connectivity index (χ2n) is 8.26. The fourth-order valence-corrected chi connectivity index (χ4v) is 4.26. The fourth-order valence-electron chi connectivity index (χ4n) is 4.26. The highest BCUT2D eigenvalue weighted by Crippen LogP contribution is 2.36. The molecule has 5 aromatic rings. The van der Waals surface area contributed by atoms with E-state index in [1.807, 2.05) is 0 Å². The third-order valence-corrected chi connectivity index (χ3v) is 5.85. The first kappa shape index (κ1) is 24.4. The van der Waals surface area contributed by atoms with Gasteiger partial charge in [-0.15, -0.1) is 36.5 Å². The number of ether oxygens (including phenoxy) is 1. The molecule has 0 spiro atoms. The molecule has 1 atom stereocenters. The average Bonchev–Trinajstić information content (AvgIpc) is 3.66. The molecule has 0 saturated heterocycles. The normalized spacial score (nSPS) is 16.1. The second kappa shape index (κ2) is 8.57. The van der Waals surface area contributed by atoms with Crippen LogP contribution in [0.1, 0.15) is 33.8 Å². The number of carbonyl (C=O) groups is 1. The molecule has 6 rings (SSSR count). The molecule has 0 aliphatic carbocycles. The van der Waals surface area contributed by atoms with E-state index < -0.39 is 42.1 Å². The molecule has 202 valence electrons. The summed E-state index contributed by atoms with van der Waals surface area (Å²) < 4.78 is 87.7. The Morgan fingerprint density at radius 1 is 1.10 bits per heavy atom. The van der Waals surface area contributed by atoms with E-state index in [0.717, 1.165) is 12.1 Å². The van der Waals surface area contributed by atoms with Crippen LogP contribution in [0.3, 0.4) is 0 Å². The maximum atomic E-state index is 13.5. The van der Waals surface area contributed by atoms with Gasteiger partial charge in [0.05, 0.1) is 17.7 Å². The number of nitrogens with zero attached hydrogens (tertiary/aromatic N) is 8. The number of imidazole rings is 1. The van der Waals surface area contributed by atoms with Crippen LogP contribution in [0.15, 0.2) is 47.4 Å². The molecule has 0 bridgehead atoms. The molecule has 1 amide bonds. The molecule has 0 fully saturated rings. The van der Waals surface area contributed by atoms with Gasteiger partial charge in [0.2, 0.25) is 0 Å². The number of H-pyrrole nitrogens is 1. The van der Waals surface area contributed by atoms with E-state index in [-0.39, 0.29) is 28.1 Å². The van der Waals surface area contributed by atoms with Crippen LogP contribution in [0.5, 0.6) is 5.75 Å². The third kappa shape index (κ3) is 4.42. The number of hydrogen-bond acceptors (Lipinski definition) is 8. The summed E-state index contributed by atoms with van der Waals surface area (Å²) in [5.41, 5.74) is 0.913. The largest absolute Gasteiger partial charge is 0.573 e. The van der Waals surface area contributed by atoms with E-state index >= 15 is 0 Å². The van der Waals surface area contributed by atoms with E-state index in [1.54, 1.807) is 0 Å². The number of nitrogens with one attached hydrogen (secondary N) is 1. The Labute approximate surface area is 211 Å². The van der Waals surface area contributed by atoms with Crippen LogP contribution in [-0.4, -0.2) is 63.3 Å². The number of carbonyl (C=O) groups excluding carboxylic acids is 1. The van der Waals surface area contributed by atoms with Crippen LogP contribution in [0, 0.1) is 0 Å². The van der Waals surface area contributed by atoms with Gasteiger partial charge in [-0.2, -0.15) is 14.9 Å². The van der Waals surface area contributed by atoms with Crippen LogP contribution >= 0.6 is 0 Å². The van der Waals surface area contributed by atoms with Gasteiger partial charge in [-0.25, -0.2) is 9.50 Å². The SMILES string of the molecule is O=C(c1nnc(-c2ccn(C(F)(F)F)n2)o1)N1CCc2[nH]cnc2[C@H]1c1cc2c(OC(F)(F)F)cccn2n1. The summed E-state index contributed by atoms with van der Waals surface area (Å²) in [7, 11) is 0. The van der Waals surface area contributed by atoms with Crippen molar-refractivity contribution in [2.75, 3.05) is 6.54 Å². The van der Waals surface area contributed by atoms with Gasteiger partial charge in [-0.3, -0.25) is 4.79 Å². The monoisotopic (exact) mass is 553 g/mol. The molecule has 0 aromatic carbocycles. The standard InChI is InChI=1S/C21H13F6N9O3/c22-20(23,24)36-7-4-11(33-36)17-30-31-18(38-17)19(37)34-6-3-10-15(29-9-28-10)16(34)12-8-13-14(39-21(25,26)27)2-1-5-35(13)32-12/h1-2,4-5,7-9,16H,3,6H2,(H,28,29)/t16-/m1/s1. The minimum absolute atomic E-state index is 0.0137. The lowest BCUT2D eigenvalue weighted by Crippen LogP contribution is -2.41. The quantitative estimate of drug-likeness (QED) is 0.335. The lowest BCUT2D eigenvalue weighted by Gasteiger charge is -2.32. The van der Waals surface area contributed by atoms with Crippen LogP contribution in [0.4, 0.5) is 26.3 Å². The van der Waals surface area contributed by atoms with Gasteiger partial charge in [-0.1, -0.05) is 0 Å². The molecular weight excluding hydrogens is 540 g/mol. The van der Waals surface area contributed by atoms with Crippen LogP contribution in [0.2, 0.25) is 0 Å². The molecule has 0 unspecified atom stereocenters. The number of amides is 1. The Balaban J connectivity index is 1.36. The van der Waals surface area contributed by atoms with Crippen molar-refractivity contribution in [1.82, 2.24) is 44.5 Å². The second-order valence-corrected chi connectivity index (χ2v) is 8.26. The van der Waals surface area contributed by atoms with E-state index in [0.29, 0.717) is 24.0 Å². The zero-order valence-electron chi connectivity index (χ0n) is 19.1. The van der Waals surface area contributed by atoms with Gasteiger partial charge < -0.3 is 19.0 Å². The Kier molecular flexibility index (Phi) is 5.37. The number of alkyl halides is 6. The topological polar surface area (TPSA) is 132 Å². The minimum Gasteiger partial charge on any atom is -0.411 e. The highest BCUT2D eigenvalue weighted by Gasteiger charge is 2.39. The highest BCUT2D eigenvalue weighted by atomic mass is 19.4. The number of fused-ring (bicyclic) bond motifs is 2. The van der Waals surface area contributed by atoms with E-state index in [9.17, 15) is 31.1 Å². The fraction of sp³-hybridized carbons (Fsp3) is 0.238. The highest BCUT2D eigenvalue weighted by molar-refractivity contribution is 5.90. The molecule has 12 nitrogen and oxygen atoms in total. The zero-order chi connectivity index (χ0) is 27.5. The van der Waals surface area contributed by atoms with Gasteiger partial charge in [-0.05, 0) is 24.3 Å². The van der Waals surface area contributed by atoms with Crippen molar-refractivity contribution < 1.29 is 40.3 Å². The zero-order valence-corrected chi connectivity index (χ0v) is 19.1. The van der Waals surface area contributed by atoms with Crippen LogP contribution in [-0.2, 0) is 12.7 Å². The molecule has 1 aliphatic heterocycles. The molecule has 1 N–H and O–H groups in total. The number of aromatic nitrogens is 8. The Morgan fingerprint density at radius 2 is 1.92 bits per heavy atom. The summed E-state index contributed by atoms with van der Waals surface area (Å²) in [6, 6.07) is 3.78. The third-order valence-electron chi connectivity index (χ3n) is 5.85. The van der Waals surface area contributed by atoms with Crippen LogP contribution in [0.25, 0.3) is 17.1 Å². The van der Waals surface area contributed by atoms with Gasteiger partial charge in [0.1, 0.15) is 17.3 Å². The maximum Gasteiger partial charge on any atom is 0.573 e. The molecule has 1 aliphatic rings. The van der Waals surface area contributed by atoms with Crippen molar-refractivity contribution in [3.05, 3.63) is 66.0 Å². The van der Waals surface area contributed by atoms with Crippen molar-refractivity contribution >= 4 is 11.4 Å². The summed E-state index contributed by atoms with van der Waals surface area (Å²) in [5.74, 6) is -2.26. The summed E-state index contributed by atoms with van der Waals surface area (Å²) >= 11 is 0. The lowest BCUT2D eigenvalue weighted by atomic mass is 9.99. The van der Waals surface area contributed by atoms with Gasteiger partial charge in [0.25, 0.3) is 5.89 Å². The van der Waals surface area contributed by atoms with E-state index in [1.165, 1.54) is 34.1 Å². The van der Waals surface area contributed by atoms with Crippen molar-refractivity contribution in [3.8, 4) is 17.3 Å². The van der Waals surface area contributed by atoms with Crippen molar-refractivity contribution in [2.45, 2.75) is 25.1 Å². The summed E-state index contributed by atoms with van der Waals surface area (Å²) in [5, 5.41) is 15.0. The number of aromatic amines is 1. The van der Waals surface area contributed by atoms with Crippen molar-refractivity contribution in [3.63, 3.8) is 0 Å². The number of rotatable bonds is 4.